The van der Waals surface area contributed by atoms with Crippen LogP contribution in [-0.2, 0) is 4.79 Å². The van der Waals surface area contributed by atoms with E-state index in [-0.39, 0.29) is 23.5 Å². The van der Waals surface area contributed by atoms with E-state index in [1.165, 1.54) is 18.6 Å². The number of aliphatic hydroxyl groups is 1. The van der Waals surface area contributed by atoms with E-state index < -0.39 is 0 Å². The fourth-order valence-corrected chi connectivity index (χ4v) is 5.97. The molecule has 7 heteroatoms. The lowest BCUT2D eigenvalue weighted by atomic mass is 9.93. The van der Waals surface area contributed by atoms with Gasteiger partial charge in [0.1, 0.15) is 11.6 Å². The van der Waals surface area contributed by atoms with Crippen molar-refractivity contribution in [1.29, 1.82) is 5.41 Å². The molecule has 2 heterocycles. The van der Waals surface area contributed by atoms with Gasteiger partial charge in [0.15, 0.2) is 0 Å². The van der Waals surface area contributed by atoms with Crippen molar-refractivity contribution in [3.05, 3.63) is 65.4 Å². The quantitative estimate of drug-likeness (QED) is 0.293. The summed E-state index contributed by atoms with van der Waals surface area (Å²) in [6.07, 6.45) is 7.72. The van der Waals surface area contributed by atoms with E-state index >= 15 is 0 Å². The monoisotopic (exact) mass is 488 g/mol. The fraction of sp³-hybridized carbons (Fsp3) is 0.414. The second kappa shape index (κ2) is 9.88. The summed E-state index contributed by atoms with van der Waals surface area (Å²) in [6.45, 7) is 3.26. The first-order valence-corrected chi connectivity index (χ1v) is 12.9. The van der Waals surface area contributed by atoms with Crippen molar-refractivity contribution in [2.75, 3.05) is 4.90 Å². The number of imidazole rings is 1. The molecule has 1 amide bonds. The maximum atomic E-state index is 13.7. The summed E-state index contributed by atoms with van der Waals surface area (Å²) in [7, 11) is 0. The van der Waals surface area contributed by atoms with E-state index in [2.05, 4.69) is 4.57 Å². The number of carbonyl (C=O) groups excluding carboxylic acids is 1. The molecule has 1 aliphatic heterocycles. The minimum atomic E-state index is -0.328. The smallest absolute Gasteiger partial charge is 0.227 e. The highest BCUT2D eigenvalue weighted by atomic mass is 19.1. The molecule has 3 aromatic rings. The van der Waals surface area contributed by atoms with Crippen LogP contribution in [0.1, 0.15) is 88.7 Å². The average Bonchev–Trinajstić information content (AvgIpc) is 3.23. The average molecular weight is 489 g/mol. The minimum absolute atomic E-state index is 0.0290. The van der Waals surface area contributed by atoms with Crippen molar-refractivity contribution < 1.29 is 14.3 Å². The topological polar surface area (TPSA) is 82.2 Å². The molecular weight excluding hydrogens is 455 g/mol. The first-order valence-electron chi connectivity index (χ1n) is 12.9. The van der Waals surface area contributed by atoms with E-state index in [0.29, 0.717) is 29.4 Å². The van der Waals surface area contributed by atoms with Crippen LogP contribution < -0.4 is 4.90 Å². The van der Waals surface area contributed by atoms with Crippen LogP contribution in [0, 0.1) is 11.2 Å². The van der Waals surface area contributed by atoms with Gasteiger partial charge in [-0.25, -0.2) is 9.37 Å². The summed E-state index contributed by atoms with van der Waals surface area (Å²) >= 11 is 0. The van der Waals surface area contributed by atoms with Crippen molar-refractivity contribution in [2.45, 2.75) is 77.3 Å². The summed E-state index contributed by atoms with van der Waals surface area (Å²) in [5.41, 5.74) is 4.05. The minimum Gasteiger partial charge on any atom is -0.512 e. The Morgan fingerprint density at radius 2 is 1.75 bits per heavy atom. The summed E-state index contributed by atoms with van der Waals surface area (Å²) in [4.78, 5) is 20.1. The lowest BCUT2D eigenvalue weighted by Gasteiger charge is -2.37. The number of halogens is 1. The summed E-state index contributed by atoms with van der Waals surface area (Å²) in [6, 6.07) is 12.1. The Kier molecular flexibility index (Phi) is 6.65. The number of hydrogen-bond acceptors (Lipinski definition) is 4. The number of anilines is 1. The summed E-state index contributed by atoms with van der Waals surface area (Å²) in [5.74, 6) is 0.672. The van der Waals surface area contributed by atoms with Crippen LogP contribution in [0.2, 0.25) is 0 Å². The van der Waals surface area contributed by atoms with Gasteiger partial charge in [-0.1, -0.05) is 25.3 Å². The molecule has 1 atom stereocenters. The van der Waals surface area contributed by atoms with Gasteiger partial charge in [-0.3, -0.25) is 4.79 Å². The van der Waals surface area contributed by atoms with Gasteiger partial charge in [-0.05, 0) is 81.5 Å². The molecule has 2 aromatic carbocycles. The standard InChI is InChI=1S/C29H33FN4O2/c1-18(31)28(19(2)35)20-11-16-25-24(17-20)32-29(34(25)22-7-4-3-5-8-22)26-9-6-10-27(36)33(26)23-14-12-21(30)13-15-23/h11-17,22,26,31,35H,3-10H2,1-2H3/b28-19+,31-18?/t26-/m1/s1. The van der Waals surface area contributed by atoms with Crippen molar-refractivity contribution in [3.8, 4) is 0 Å². The molecule has 0 bridgehead atoms. The molecular formula is C29H33FN4O2. The second-order valence-electron chi connectivity index (χ2n) is 10.1. The Morgan fingerprint density at radius 3 is 2.42 bits per heavy atom. The maximum Gasteiger partial charge on any atom is 0.227 e. The molecule has 188 valence electrons. The maximum absolute atomic E-state index is 13.7. The van der Waals surface area contributed by atoms with E-state index in [0.717, 1.165) is 60.9 Å². The third kappa shape index (κ3) is 4.43. The molecule has 0 spiro atoms. The second-order valence-corrected chi connectivity index (χ2v) is 10.1. The van der Waals surface area contributed by atoms with Crippen molar-refractivity contribution in [2.24, 2.45) is 0 Å². The van der Waals surface area contributed by atoms with Gasteiger partial charge in [0, 0.05) is 29.4 Å². The van der Waals surface area contributed by atoms with Crippen LogP contribution in [0.4, 0.5) is 10.1 Å². The van der Waals surface area contributed by atoms with Crippen molar-refractivity contribution in [1.82, 2.24) is 9.55 Å². The van der Waals surface area contributed by atoms with E-state index in [4.69, 9.17) is 10.4 Å². The van der Waals surface area contributed by atoms with Gasteiger partial charge in [0.2, 0.25) is 5.91 Å². The van der Waals surface area contributed by atoms with Gasteiger partial charge in [-0.2, -0.15) is 0 Å². The SMILES string of the molecule is CC(=N)/C(=C(/C)O)c1ccc2c(c1)nc([C@H]1CCCC(=O)N1c1ccc(F)cc1)n2C1CCCCC1. The van der Waals surface area contributed by atoms with Crippen molar-refractivity contribution >= 4 is 33.9 Å². The van der Waals surface area contributed by atoms with Crippen LogP contribution in [0.3, 0.4) is 0 Å². The van der Waals surface area contributed by atoms with Gasteiger partial charge < -0.3 is 20.0 Å². The Labute approximate surface area is 211 Å². The molecule has 0 radical (unpaired) electrons. The van der Waals surface area contributed by atoms with Crippen LogP contribution >= 0.6 is 0 Å². The number of carbonyl (C=O) groups is 1. The summed E-state index contributed by atoms with van der Waals surface area (Å²) in [5, 5.41) is 18.4. The molecule has 36 heavy (non-hydrogen) atoms. The Bertz CT molecular complexity index is 1330. The van der Waals surface area contributed by atoms with Crippen LogP contribution in [0.15, 0.2) is 48.2 Å². The number of nitrogens with zero attached hydrogens (tertiary/aromatic N) is 3. The number of fused-ring (bicyclic) bond motifs is 1. The number of aromatic nitrogens is 2. The van der Waals surface area contributed by atoms with Crippen molar-refractivity contribution in [3.63, 3.8) is 0 Å². The highest BCUT2D eigenvalue weighted by Crippen LogP contribution is 2.41. The van der Waals surface area contributed by atoms with Crippen LogP contribution in [-0.4, -0.2) is 26.3 Å². The van der Waals surface area contributed by atoms with E-state index in [1.54, 1.807) is 30.9 Å². The van der Waals surface area contributed by atoms with E-state index in [1.807, 2.05) is 18.2 Å². The number of aliphatic hydroxyl groups excluding tert-OH is 1. The number of hydrogen-bond donors (Lipinski definition) is 2. The number of piperidine rings is 1. The van der Waals surface area contributed by atoms with Gasteiger partial charge in [0.25, 0.3) is 0 Å². The summed E-state index contributed by atoms with van der Waals surface area (Å²) < 4.78 is 16.0. The van der Waals surface area contributed by atoms with E-state index in [9.17, 15) is 14.3 Å². The third-order valence-electron chi connectivity index (χ3n) is 7.53. The molecule has 2 N–H and O–H groups in total. The molecule has 1 aliphatic carbocycles. The number of amides is 1. The van der Waals surface area contributed by atoms with Crippen LogP contribution in [0.25, 0.3) is 16.6 Å². The molecule has 5 rings (SSSR count). The molecule has 1 aromatic heterocycles. The first kappa shape index (κ1) is 24.2. The highest BCUT2D eigenvalue weighted by molar-refractivity contribution is 6.22. The zero-order valence-electron chi connectivity index (χ0n) is 20.9. The lowest BCUT2D eigenvalue weighted by Crippen LogP contribution is -2.40. The van der Waals surface area contributed by atoms with Crippen LogP contribution in [0.5, 0.6) is 0 Å². The Hall–Kier alpha value is -3.48. The van der Waals surface area contributed by atoms with Gasteiger partial charge in [0.05, 0.1) is 22.8 Å². The van der Waals surface area contributed by atoms with Gasteiger partial charge >= 0.3 is 0 Å². The Balaban J connectivity index is 1.68. The Morgan fingerprint density at radius 1 is 1.03 bits per heavy atom. The molecule has 2 fully saturated rings. The molecule has 6 nitrogen and oxygen atoms in total. The molecule has 1 saturated carbocycles. The number of nitrogens with one attached hydrogen (secondary N) is 1. The number of allylic oxidation sites excluding steroid dienone is 2. The zero-order chi connectivity index (χ0) is 25.4. The third-order valence-corrected chi connectivity index (χ3v) is 7.53. The normalized spacial score (nSPS) is 20.0. The van der Waals surface area contributed by atoms with Gasteiger partial charge in [-0.15, -0.1) is 0 Å². The zero-order valence-corrected chi connectivity index (χ0v) is 20.9. The predicted molar refractivity (Wildman–Crippen MR) is 141 cm³/mol. The first-order chi connectivity index (χ1) is 17.3. The lowest BCUT2D eigenvalue weighted by molar-refractivity contribution is -0.120. The molecule has 0 unspecified atom stereocenters. The predicted octanol–water partition coefficient (Wildman–Crippen LogP) is 7.27. The number of rotatable bonds is 5. The molecule has 2 aliphatic rings. The largest absolute Gasteiger partial charge is 0.512 e. The highest BCUT2D eigenvalue weighted by Gasteiger charge is 2.35. The molecule has 1 saturated heterocycles. The number of benzene rings is 2. The fourth-order valence-electron chi connectivity index (χ4n) is 5.97.